The lowest BCUT2D eigenvalue weighted by atomic mass is 10.1. The van der Waals surface area contributed by atoms with E-state index in [1.807, 2.05) is 6.08 Å². The van der Waals surface area contributed by atoms with E-state index in [2.05, 4.69) is 49.7 Å². The van der Waals surface area contributed by atoms with E-state index >= 15 is 0 Å². The van der Waals surface area contributed by atoms with Crippen molar-refractivity contribution in [3.8, 4) is 0 Å². The number of aryl methyl sites for hydroxylation is 1. The van der Waals surface area contributed by atoms with Gasteiger partial charge in [0.1, 0.15) is 0 Å². The lowest BCUT2D eigenvalue weighted by Gasteiger charge is -2.26. The minimum Gasteiger partial charge on any atom is -0.748 e. The molecule has 0 unspecified atom stereocenters. The van der Waals surface area contributed by atoms with Crippen molar-refractivity contribution in [2.75, 3.05) is 5.75 Å². The third-order valence-electron chi connectivity index (χ3n) is 2.50. The second-order valence-corrected chi connectivity index (χ2v) is 6.80. The number of hydrogen-bond acceptors (Lipinski definition) is 4. The van der Waals surface area contributed by atoms with Gasteiger partial charge in [-0.2, -0.15) is 0 Å². The lowest BCUT2D eigenvalue weighted by molar-refractivity contribution is -0.117. The van der Waals surface area contributed by atoms with Gasteiger partial charge in [-0.3, -0.25) is 4.79 Å². The van der Waals surface area contributed by atoms with Crippen LogP contribution in [0.4, 0.5) is 0 Å². The molecule has 0 aliphatic heterocycles. The van der Waals surface area contributed by atoms with E-state index in [1.165, 1.54) is 25.0 Å². The van der Waals surface area contributed by atoms with E-state index in [1.54, 1.807) is 0 Å². The summed E-state index contributed by atoms with van der Waals surface area (Å²) in [7, 11) is -4.33. The van der Waals surface area contributed by atoms with Gasteiger partial charge >= 0.3 is 0 Å². The molecule has 5 nitrogen and oxygen atoms in total. The second-order valence-electron chi connectivity index (χ2n) is 5.39. The Morgan fingerprint density at radius 1 is 1.27 bits per heavy atom. The molecule has 22 heavy (non-hydrogen) atoms. The van der Waals surface area contributed by atoms with Crippen LogP contribution in [0.1, 0.15) is 25.0 Å². The Hall–Kier alpha value is -1.92. The van der Waals surface area contributed by atoms with Gasteiger partial charge in [-0.25, -0.2) is 8.42 Å². The fraction of sp³-hybridized carbons (Fsp3) is 0.312. The Morgan fingerprint density at radius 3 is 2.14 bits per heavy atom. The molecular weight excluding hydrogens is 302 g/mol. The number of hydrogen-bond donors (Lipinski definition) is 1. The highest BCUT2D eigenvalue weighted by molar-refractivity contribution is 7.85. The van der Waals surface area contributed by atoms with Crippen LogP contribution in [0, 0.1) is 6.92 Å². The van der Waals surface area contributed by atoms with Crippen LogP contribution >= 0.6 is 0 Å². The molecule has 1 N–H and O–H groups in total. The number of nitrogens with one attached hydrogen (secondary N) is 1. The maximum atomic E-state index is 10.8. The zero-order valence-corrected chi connectivity index (χ0v) is 13.9. The highest BCUT2D eigenvalue weighted by atomic mass is 32.2. The molecule has 0 radical (unpaired) electrons. The van der Waals surface area contributed by atoms with Gasteiger partial charge in [-0.05, 0) is 32.4 Å². The fourth-order valence-corrected chi connectivity index (χ4v) is 2.52. The third-order valence-corrected chi connectivity index (χ3v) is 3.57. The van der Waals surface area contributed by atoms with Crippen molar-refractivity contribution in [3.63, 3.8) is 0 Å². The molecule has 0 aromatic heterocycles. The topological polar surface area (TPSA) is 86.3 Å². The number of carbonyl (C=O) groups excluding carboxylic acids is 1. The Morgan fingerprint density at radius 2 is 1.77 bits per heavy atom. The lowest BCUT2D eigenvalue weighted by Crippen LogP contribution is -2.47. The Bertz CT molecular complexity index is 616. The molecule has 0 bridgehead atoms. The van der Waals surface area contributed by atoms with Gasteiger partial charge in [0.05, 0.1) is 15.9 Å². The van der Waals surface area contributed by atoms with Gasteiger partial charge in [-0.15, -0.1) is 0 Å². The van der Waals surface area contributed by atoms with Crippen molar-refractivity contribution in [2.24, 2.45) is 0 Å². The van der Waals surface area contributed by atoms with E-state index in [-0.39, 0.29) is 0 Å². The smallest absolute Gasteiger partial charge is 0.243 e. The van der Waals surface area contributed by atoms with Crippen LogP contribution in [-0.2, 0) is 14.9 Å². The zero-order valence-electron chi connectivity index (χ0n) is 13.1. The molecule has 0 saturated heterocycles. The van der Waals surface area contributed by atoms with Gasteiger partial charge in [0.25, 0.3) is 0 Å². The minimum atomic E-state index is -4.33. The van der Waals surface area contributed by atoms with E-state index in [4.69, 9.17) is 0 Å². The predicted molar refractivity (Wildman–Crippen MR) is 88.3 cm³/mol. The number of amides is 1. The second kappa shape index (κ2) is 8.51. The van der Waals surface area contributed by atoms with Crippen LogP contribution in [-0.4, -0.2) is 30.2 Å². The average molecular weight is 324 g/mol. The monoisotopic (exact) mass is 324 g/mol. The standard InChI is InChI=1S/C9H10.C7H13NO4S/c1-3-9-6-4-8(2)5-7-9;1-4-6(9)8-7(2,3)5-13(10,11)12/h3-7H,1H2,2H3;4H,1,5H2,2-3H3,(H,8,9)(H,10,11,12)/p-1. The van der Waals surface area contributed by atoms with Crippen LogP contribution in [0.25, 0.3) is 6.08 Å². The number of rotatable bonds is 5. The zero-order chi connectivity index (χ0) is 17.4. The summed E-state index contributed by atoms with van der Waals surface area (Å²) in [6.45, 7) is 11.8. The molecule has 1 rings (SSSR count). The van der Waals surface area contributed by atoms with Crippen LogP contribution in [0.15, 0.2) is 43.5 Å². The van der Waals surface area contributed by atoms with Crippen molar-refractivity contribution in [3.05, 3.63) is 54.6 Å². The molecule has 0 aliphatic carbocycles. The van der Waals surface area contributed by atoms with E-state index in [9.17, 15) is 17.8 Å². The number of benzene rings is 1. The summed E-state index contributed by atoms with van der Waals surface area (Å²) in [5.74, 6) is -1.15. The summed E-state index contributed by atoms with van der Waals surface area (Å²) in [4.78, 5) is 10.8. The van der Waals surface area contributed by atoms with Crippen molar-refractivity contribution in [1.82, 2.24) is 5.32 Å². The van der Waals surface area contributed by atoms with Crippen LogP contribution in [0.3, 0.4) is 0 Å². The van der Waals surface area contributed by atoms with Crippen molar-refractivity contribution >= 4 is 22.1 Å². The molecular formula is C16H22NO4S-. The average Bonchev–Trinajstić information content (AvgIpc) is 2.36. The summed E-state index contributed by atoms with van der Waals surface area (Å²) >= 11 is 0. The molecule has 1 amide bonds. The van der Waals surface area contributed by atoms with Crippen molar-refractivity contribution in [1.29, 1.82) is 0 Å². The summed E-state index contributed by atoms with van der Waals surface area (Å²) in [6.07, 6.45) is 2.86. The molecule has 0 saturated carbocycles. The molecule has 122 valence electrons. The normalized spacial score (nSPS) is 10.9. The SMILES string of the molecule is C=CC(=O)NC(C)(C)CS(=O)(=O)[O-].C=Cc1ccc(C)cc1. The van der Waals surface area contributed by atoms with Gasteiger partial charge in [-0.1, -0.05) is 49.1 Å². The summed E-state index contributed by atoms with van der Waals surface area (Å²) in [5.41, 5.74) is 1.41. The molecule has 0 heterocycles. The highest BCUT2D eigenvalue weighted by Gasteiger charge is 2.22. The molecule has 6 heteroatoms. The Kier molecular flexibility index (Phi) is 7.76. The van der Waals surface area contributed by atoms with Crippen LogP contribution in [0.2, 0.25) is 0 Å². The maximum absolute atomic E-state index is 10.8. The maximum Gasteiger partial charge on any atom is 0.243 e. The van der Waals surface area contributed by atoms with E-state index in [0.29, 0.717) is 0 Å². The van der Waals surface area contributed by atoms with Gasteiger partial charge in [0.15, 0.2) is 0 Å². The first kappa shape index (κ1) is 20.1. The van der Waals surface area contributed by atoms with E-state index < -0.39 is 27.3 Å². The fourth-order valence-electron chi connectivity index (χ4n) is 1.57. The predicted octanol–water partition coefficient (Wildman–Crippen LogP) is 2.25. The molecule has 0 atom stereocenters. The molecule has 1 aromatic carbocycles. The quantitative estimate of drug-likeness (QED) is 0.665. The first-order valence-electron chi connectivity index (χ1n) is 6.56. The summed E-state index contributed by atoms with van der Waals surface area (Å²) in [6, 6.07) is 8.28. The van der Waals surface area contributed by atoms with Gasteiger partial charge in [0, 0.05) is 5.54 Å². The minimum absolute atomic E-state index is 0.506. The van der Waals surface area contributed by atoms with Gasteiger partial charge < -0.3 is 9.87 Å². The van der Waals surface area contributed by atoms with Crippen molar-refractivity contribution in [2.45, 2.75) is 26.3 Å². The Balaban J connectivity index is 0.000000425. The molecule has 0 spiro atoms. The highest BCUT2D eigenvalue weighted by Crippen LogP contribution is 2.05. The molecule has 1 aromatic rings. The summed E-state index contributed by atoms with van der Waals surface area (Å²) < 4.78 is 31.2. The van der Waals surface area contributed by atoms with Gasteiger partial charge in [0.2, 0.25) is 5.91 Å². The van der Waals surface area contributed by atoms with Crippen LogP contribution < -0.4 is 5.32 Å². The van der Waals surface area contributed by atoms with Crippen LogP contribution in [0.5, 0.6) is 0 Å². The third kappa shape index (κ3) is 9.90. The van der Waals surface area contributed by atoms with Crippen molar-refractivity contribution < 1.29 is 17.8 Å². The first-order chi connectivity index (χ1) is 9.99. The molecule has 0 aliphatic rings. The number of carbonyl (C=O) groups is 1. The Labute approximate surface area is 132 Å². The van der Waals surface area contributed by atoms with E-state index in [0.717, 1.165) is 6.08 Å². The molecule has 0 fully saturated rings. The largest absolute Gasteiger partial charge is 0.748 e. The summed E-state index contributed by atoms with van der Waals surface area (Å²) in [5, 5.41) is 2.33. The first-order valence-corrected chi connectivity index (χ1v) is 8.14.